The summed E-state index contributed by atoms with van der Waals surface area (Å²) in [5, 5.41) is 14.8. The molecule has 0 bridgehead atoms. The molecule has 0 radical (unpaired) electrons. The summed E-state index contributed by atoms with van der Waals surface area (Å²) in [7, 11) is 0. The summed E-state index contributed by atoms with van der Waals surface area (Å²) in [5.74, 6) is -0.287. The zero-order chi connectivity index (χ0) is 16.2. The van der Waals surface area contributed by atoms with Gasteiger partial charge in [-0.2, -0.15) is 0 Å². The Balaban J connectivity index is 1.65. The lowest BCUT2D eigenvalue weighted by molar-refractivity contribution is -0.111. The van der Waals surface area contributed by atoms with Crippen molar-refractivity contribution in [3.63, 3.8) is 0 Å². The number of aromatic nitrogens is 2. The summed E-state index contributed by atoms with van der Waals surface area (Å²) in [6.07, 6.45) is 3.06. The van der Waals surface area contributed by atoms with E-state index in [2.05, 4.69) is 15.5 Å². The smallest absolute Gasteiger partial charge is 0.250 e. The number of hydrogen-bond donors (Lipinski definition) is 1. The molecule has 116 valence electrons. The van der Waals surface area contributed by atoms with Gasteiger partial charge in [-0.15, -0.1) is 21.5 Å². The third-order valence-electron chi connectivity index (χ3n) is 2.76. The van der Waals surface area contributed by atoms with Crippen LogP contribution in [0.25, 0.3) is 16.0 Å². The van der Waals surface area contributed by atoms with E-state index in [0.29, 0.717) is 15.2 Å². The molecular weight excluding hydrogens is 373 g/mol. The predicted molar refractivity (Wildman–Crippen MR) is 97.3 cm³/mol. The predicted octanol–water partition coefficient (Wildman–Crippen LogP) is 5.23. The third-order valence-corrected chi connectivity index (χ3v) is 5.37. The molecule has 1 amide bonds. The van der Waals surface area contributed by atoms with Crippen molar-refractivity contribution in [2.45, 2.75) is 0 Å². The van der Waals surface area contributed by atoms with Crippen LogP contribution in [0.4, 0.5) is 5.13 Å². The lowest BCUT2D eigenvalue weighted by atomic mass is 10.2. The van der Waals surface area contributed by atoms with Crippen molar-refractivity contribution in [2.24, 2.45) is 0 Å². The molecule has 8 heteroatoms. The van der Waals surface area contributed by atoms with E-state index in [4.69, 9.17) is 23.2 Å². The van der Waals surface area contributed by atoms with Gasteiger partial charge in [0.1, 0.15) is 0 Å². The van der Waals surface area contributed by atoms with Crippen molar-refractivity contribution in [1.29, 1.82) is 0 Å². The molecule has 1 N–H and O–H groups in total. The molecule has 23 heavy (non-hydrogen) atoms. The van der Waals surface area contributed by atoms with Gasteiger partial charge in [-0.05, 0) is 35.2 Å². The summed E-state index contributed by atoms with van der Waals surface area (Å²) >= 11 is 14.7. The Bertz CT molecular complexity index is 859. The molecule has 0 spiro atoms. The van der Waals surface area contributed by atoms with Gasteiger partial charge in [0.2, 0.25) is 11.0 Å². The van der Waals surface area contributed by atoms with Gasteiger partial charge in [-0.25, -0.2) is 0 Å². The summed E-state index contributed by atoms with van der Waals surface area (Å²) < 4.78 is 0. The summed E-state index contributed by atoms with van der Waals surface area (Å²) in [5.41, 5.74) is 0.783. The minimum Gasteiger partial charge on any atom is -0.297 e. The minimum absolute atomic E-state index is 0.287. The first kappa shape index (κ1) is 16.1. The van der Waals surface area contributed by atoms with Crippen LogP contribution in [-0.2, 0) is 4.79 Å². The summed E-state index contributed by atoms with van der Waals surface area (Å²) in [6, 6.07) is 9.05. The number of rotatable bonds is 4. The Hall–Kier alpha value is -1.73. The summed E-state index contributed by atoms with van der Waals surface area (Å²) in [6.45, 7) is 0. The molecule has 0 saturated carbocycles. The SMILES string of the molecule is O=C(/C=C/c1ccc(Cl)c(Cl)c1)Nc1nnc(-c2cccs2)s1. The number of nitrogens with zero attached hydrogens (tertiary/aromatic N) is 2. The van der Waals surface area contributed by atoms with Crippen LogP contribution in [0.2, 0.25) is 10.0 Å². The fourth-order valence-corrected chi connectivity index (χ4v) is 3.55. The number of carbonyl (C=O) groups is 1. The van der Waals surface area contributed by atoms with E-state index in [9.17, 15) is 4.79 Å². The number of anilines is 1. The molecule has 0 aliphatic carbocycles. The van der Waals surface area contributed by atoms with E-state index in [0.717, 1.165) is 15.4 Å². The average Bonchev–Trinajstić information content (AvgIpc) is 3.19. The fourth-order valence-electron chi connectivity index (χ4n) is 1.71. The quantitative estimate of drug-likeness (QED) is 0.629. The zero-order valence-corrected chi connectivity index (χ0v) is 14.6. The largest absolute Gasteiger partial charge is 0.297 e. The van der Waals surface area contributed by atoms with Gasteiger partial charge in [0, 0.05) is 6.08 Å². The first-order valence-corrected chi connectivity index (χ1v) is 8.88. The molecule has 0 fully saturated rings. The fraction of sp³-hybridized carbons (Fsp3) is 0. The molecule has 3 aromatic rings. The van der Waals surface area contributed by atoms with Crippen molar-refractivity contribution in [3.05, 3.63) is 57.4 Å². The Morgan fingerprint density at radius 1 is 1.17 bits per heavy atom. The topological polar surface area (TPSA) is 54.9 Å². The number of amides is 1. The first-order chi connectivity index (χ1) is 11.1. The Kier molecular flexibility index (Phi) is 5.07. The Morgan fingerprint density at radius 2 is 2.04 bits per heavy atom. The highest BCUT2D eigenvalue weighted by atomic mass is 35.5. The highest BCUT2D eigenvalue weighted by molar-refractivity contribution is 7.23. The number of thiophene rings is 1. The standard InChI is InChI=1S/C15H9Cl2N3OS2/c16-10-5-3-9(8-11(10)17)4-6-13(21)18-15-20-19-14(23-15)12-2-1-7-22-12/h1-8H,(H,18,20,21)/b6-4+. The van der Waals surface area contributed by atoms with Crippen LogP contribution in [0.5, 0.6) is 0 Å². The molecule has 3 rings (SSSR count). The van der Waals surface area contributed by atoms with Crippen LogP contribution in [0, 0.1) is 0 Å². The van der Waals surface area contributed by atoms with E-state index in [1.165, 1.54) is 17.4 Å². The van der Waals surface area contributed by atoms with Crippen molar-refractivity contribution in [1.82, 2.24) is 10.2 Å². The van der Waals surface area contributed by atoms with Gasteiger partial charge in [0.25, 0.3) is 0 Å². The van der Waals surface area contributed by atoms with Crippen molar-refractivity contribution in [3.8, 4) is 9.88 Å². The van der Waals surface area contributed by atoms with Crippen molar-refractivity contribution in [2.75, 3.05) is 5.32 Å². The molecule has 4 nitrogen and oxygen atoms in total. The van der Waals surface area contributed by atoms with E-state index in [1.807, 2.05) is 17.5 Å². The average molecular weight is 382 g/mol. The van der Waals surface area contributed by atoms with Gasteiger partial charge in [0.05, 0.1) is 14.9 Å². The highest BCUT2D eigenvalue weighted by Crippen LogP contribution is 2.29. The maximum atomic E-state index is 11.9. The number of benzene rings is 1. The lowest BCUT2D eigenvalue weighted by Crippen LogP contribution is -2.07. The molecule has 0 unspecified atom stereocenters. The van der Waals surface area contributed by atoms with Crippen LogP contribution in [-0.4, -0.2) is 16.1 Å². The van der Waals surface area contributed by atoms with E-state index in [1.54, 1.807) is 35.6 Å². The monoisotopic (exact) mass is 381 g/mol. The number of halogens is 2. The first-order valence-electron chi connectivity index (χ1n) is 6.43. The second-order valence-corrected chi connectivity index (χ2v) is 7.13. The number of nitrogens with one attached hydrogen (secondary N) is 1. The van der Waals surface area contributed by atoms with Crippen molar-refractivity contribution < 1.29 is 4.79 Å². The van der Waals surface area contributed by atoms with Crippen LogP contribution < -0.4 is 5.32 Å². The zero-order valence-electron chi connectivity index (χ0n) is 11.5. The molecule has 2 aromatic heterocycles. The second-order valence-electron chi connectivity index (χ2n) is 4.39. The van der Waals surface area contributed by atoms with Crippen LogP contribution in [0.3, 0.4) is 0 Å². The molecule has 2 heterocycles. The Labute approximate surface area is 150 Å². The molecule has 0 saturated heterocycles. The Morgan fingerprint density at radius 3 is 2.78 bits per heavy atom. The maximum Gasteiger partial charge on any atom is 0.250 e. The number of hydrogen-bond acceptors (Lipinski definition) is 5. The minimum atomic E-state index is -0.287. The third kappa shape index (κ3) is 4.17. The van der Waals surface area contributed by atoms with Gasteiger partial charge in [-0.3, -0.25) is 10.1 Å². The van der Waals surface area contributed by atoms with E-state index >= 15 is 0 Å². The van der Waals surface area contributed by atoms with Gasteiger partial charge in [-0.1, -0.05) is 46.7 Å². The summed E-state index contributed by atoms with van der Waals surface area (Å²) in [4.78, 5) is 12.9. The van der Waals surface area contributed by atoms with E-state index < -0.39 is 0 Å². The normalized spacial score (nSPS) is 11.0. The molecule has 0 aliphatic rings. The molecule has 0 aliphatic heterocycles. The van der Waals surface area contributed by atoms with Gasteiger partial charge in [0.15, 0.2) is 5.01 Å². The van der Waals surface area contributed by atoms with Crippen molar-refractivity contribution >= 4 is 63.0 Å². The second kappa shape index (κ2) is 7.23. The maximum absolute atomic E-state index is 11.9. The molecule has 1 aromatic carbocycles. The van der Waals surface area contributed by atoms with Gasteiger partial charge >= 0.3 is 0 Å². The molecule has 0 atom stereocenters. The van der Waals surface area contributed by atoms with Gasteiger partial charge < -0.3 is 0 Å². The lowest BCUT2D eigenvalue weighted by Gasteiger charge is -1.98. The molecular formula is C15H9Cl2N3OS2. The highest BCUT2D eigenvalue weighted by Gasteiger charge is 2.08. The van der Waals surface area contributed by atoms with Crippen LogP contribution >= 0.6 is 45.9 Å². The van der Waals surface area contributed by atoms with Crippen LogP contribution in [0.15, 0.2) is 41.8 Å². The van der Waals surface area contributed by atoms with Crippen LogP contribution in [0.1, 0.15) is 5.56 Å². The number of carbonyl (C=O) groups excluding carboxylic acids is 1. The van der Waals surface area contributed by atoms with E-state index in [-0.39, 0.29) is 5.91 Å².